The molecular weight excluding hydrogens is 358 g/mol. The number of amides is 2. The normalized spacial score (nSPS) is 10.5. The highest BCUT2D eigenvalue weighted by Crippen LogP contribution is 2.26. The van der Waals surface area contributed by atoms with Crippen molar-refractivity contribution >= 4 is 34.5 Å². The second kappa shape index (κ2) is 8.14. The Morgan fingerprint density at radius 3 is 2.52 bits per heavy atom. The van der Waals surface area contributed by atoms with E-state index in [1.165, 1.54) is 23.8 Å². The van der Waals surface area contributed by atoms with Gasteiger partial charge in [0.2, 0.25) is 11.8 Å². The van der Waals surface area contributed by atoms with Gasteiger partial charge in [-0.25, -0.2) is 4.98 Å². The number of rotatable bonds is 5. The minimum absolute atomic E-state index is 0.0953. The predicted molar refractivity (Wildman–Crippen MR) is 110 cm³/mol. The van der Waals surface area contributed by atoms with Crippen molar-refractivity contribution in [2.75, 3.05) is 10.6 Å². The topological polar surface area (TPSA) is 71.1 Å². The standard InChI is InChI=1S/C21H21N3O2S/c1-13-7-8-18(9-14(13)2)23-20(26)11-19-12-27-21(24-19)16-5-4-6-17(10-16)22-15(3)25/h4-10,12H,11H2,1-3H3,(H,22,25)(H,23,26). The molecule has 27 heavy (non-hydrogen) atoms. The summed E-state index contributed by atoms with van der Waals surface area (Å²) in [4.78, 5) is 28.1. The summed E-state index contributed by atoms with van der Waals surface area (Å²) in [5, 5.41) is 8.39. The molecule has 0 saturated carbocycles. The maximum atomic E-state index is 12.3. The highest BCUT2D eigenvalue weighted by atomic mass is 32.1. The van der Waals surface area contributed by atoms with Crippen LogP contribution >= 0.6 is 11.3 Å². The number of carbonyl (C=O) groups excluding carboxylic acids is 2. The first-order valence-corrected chi connectivity index (χ1v) is 9.48. The van der Waals surface area contributed by atoms with E-state index in [0.29, 0.717) is 0 Å². The first kappa shape index (κ1) is 18.8. The monoisotopic (exact) mass is 379 g/mol. The summed E-state index contributed by atoms with van der Waals surface area (Å²) in [5.74, 6) is -0.211. The van der Waals surface area contributed by atoms with E-state index in [0.717, 1.165) is 33.2 Å². The second-order valence-electron chi connectivity index (χ2n) is 6.43. The minimum Gasteiger partial charge on any atom is -0.326 e. The van der Waals surface area contributed by atoms with Crippen LogP contribution in [-0.4, -0.2) is 16.8 Å². The first-order valence-electron chi connectivity index (χ1n) is 8.60. The van der Waals surface area contributed by atoms with E-state index in [1.807, 2.05) is 61.7 Å². The molecule has 138 valence electrons. The lowest BCUT2D eigenvalue weighted by Crippen LogP contribution is -2.14. The van der Waals surface area contributed by atoms with Gasteiger partial charge in [0.05, 0.1) is 12.1 Å². The van der Waals surface area contributed by atoms with Crippen LogP contribution in [0.5, 0.6) is 0 Å². The molecule has 0 unspecified atom stereocenters. The van der Waals surface area contributed by atoms with Crippen molar-refractivity contribution < 1.29 is 9.59 Å². The molecule has 3 aromatic rings. The lowest BCUT2D eigenvalue weighted by Gasteiger charge is -2.07. The van der Waals surface area contributed by atoms with Crippen molar-refractivity contribution in [2.45, 2.75) is 27.2 Å². The van der Waals surface area contributed by atoms with Gasteiger partial charge in [-0.05, 0) is 49.2 Å². The molecule has 0 spiro atoms. The van der Waals surface area contributed by atoms with Crippen LogP contribution in [0.4, 0.5) is 11.4 Å². The van der Waals surface area contributed by atoms with Crippen LogP contribution < -0.4 is 10.6 Å². The summed E-state index contributed by atoms with van der Waals surface area (Å²) in [6.07, 6.45) is 0.217. The number of hydrogen-bond acceptors (Lipinski definition) is 4. The molecule has 0 atom stereocenters. The number of aromatic nitrogens is 1. The van der Waals surface area contributed by atoms with Crippen molar-refractivity contribution in [1.82, 2.24) is 4.98 Å². The number of thiazole rings is 1. The van der Waals surface area contributed by atoms with Crippen molar-refractivity contribution in [2.24, 2.45) is 0 Å². The number of nitrogens with one attached hydrogen (secondary N) is 2. The molecule has 0 aliphatic heterocycles. The van der Waals surface area contributed by atoms with Gasteiger partial charge in [-0.1, -0.05) is 18.2 Å². The summed E-state index contributed by atoms with van der Waals surface area (Å²) < 4.78 is 0. The third kappa shape index (κ3) is 5.01. The molecule has 0 fully saturated rings. The summed E-state index contributed by atoms with van der Waals surface area (Å²) in [7, 11) is 0. The molecule has 0 aliphatic carbocycles. The summed E-state index contributed by atoms with van der Waals surface area (Å²) in [6.45, 7) is 5.54. The zero-order chi connectivity index (χ0) is 19.4. The third-order valence-corrected chi connectivity index (χ3v) is 5.05. The van der Waals surface area contributed by atoms with Crippen LogP contribution in [0, 0.1) is 13.8 Å². The molecule has 0 bridgehead atoms. The predicted octanol–water partition coefficient (Wildman–Crippen LogP) is 4.57. The molecule has 0 aliphatic rings. The van der Waals surface area contributed by atoms with E-state index in [-0.39, 0.29) is 18.2 Å². The Bertz CT molecular complexity index is 995. The summed E-state index contributed by atoms with van der Waals surface area (Å²) in [6, 6.07) is 13.4. The molecule has 1 heterocycles. The Morgan fingerprint density at radius 2 is 1.78 bits per heavy atom. The molecule has 2 amide bonds. The van der Waals surface area contributed by atoms with E-state index in [1.54, 1.807) is 0 Å². The fourth-order valence-electron chi connectivity index (χ4n) is 2.64. The zero-order valence-corrected chi connectivity index (χ0v) is 16.3. The Kier molecular flexibility index (Phi) is 5.66. The molecular formula is C21H21N3O2S. The Balaban J connectivity index is 1.67. The van der Waals surface area contributed by atoms with Crippen LogP contribution in [0.2, 0.25) is 0 Å². The summed E-state index contributed by atoms with van der Waals surface area (Å²) >= 11 is 1.48. The van der Waals surface area contributed by atoms with Gasteiger partial charge in [0.25, 0.3) is 0 Å². The molecule has 0 saturated heterocycles. The Hall–Kier alpha value is -2.99. The number of carbonyl (C=O) groups is 2. The zero-order valence-electron chi connectivity index (χ0n) is 15.5. The van der Waals surface area contributed by atoms with E-state index < -0.39 is 0 Å². The van der Waals surface area contributed by atoms with Crippen LogP contribution in [-0.2, 0) is 16.0 Å². The quantitative estimate of drug-likeness (QED) is 0.682. The first-order chi connectivity index (χ1) is 12.9. The fourth-order valence-corrected chi connectivity index (χ4v) is 3.46. The summed E-state index contributed by atoms with van der Waals surface area (Å²) in [5.41, 5.74) is 5.49. The van der Waals surface area contributed by atoms with Gasteiger partial charge >= 0.3 is 0 Å². The molecule has 1 aromatic heterocycles. The van der Waals surface area contributed by atoms with Crippen molar-refractivity contribution in [3.8, 4) is 10.6 Å². The van der Waals surface area contributed by atoms with E-state index >= 15 is 0 Å². The van der Waals surface area contributed by atoms with Gasteiger partial charge in [0.15, 0.2) is 0 Å². The number of benzene rings is 2. The Morgan fingerprint density at radius 1 is 1.00 bits per heavy atom. The van der Waals surface area contributed by atoms with Gasteiger partial charge in [-0.15, -0.1) is 11.3 Å². The number of hydrogen-bond donors (Lipinski definition) is 2. The molecule has 5 nitrogen and oxygen atoms in total. The van der Waals surface area contributed by atoms with Gasteiger partial charge in [-0.3, -0.25) is 9.59 Å². The molecule has 0 radical (unpaired) electrons. The molecule has 6 heteroatoms. The highest BCUT2D eigenvalue weighted by Gasteiger charge is 2.10. The smallest absolute Gasteiger partial charge is 0.230 e. The maximum Gasteiger partial charge on any atom is 0.230 e. The average molecular weight is 379 g/mol. The van der Waals surface area contributed by atoms with Gasteiger partial charge in [0.1, 0.15) is 5.01 Å². The third-order valence-electron chi connectivity index (χ3n) is 4.11. The van der Waals surface area contributed by atoms with Gasteiger partial charge in [-0.2, -0.15) is 0 Å². The van der Waals surface area contributed by atoms with Crippen molar-refractivity contribution in [3.63, 3.8) is 0 Å². The van der Waals surface area contributed by atoms with Crippen LogP contribution in [0.3, 0.4) is 0 Å². The molecule has 3 rings (SSSR count). The van der Waals surface area contributed by atoms with Gasteiger partial charge < -0.3 is 10.6 Å². The van der Waals surface area contributed by atoms with E-state index in [2.05, 4.69) is 15.6 Å². The minimum atomic E-state index is -0.116. The lowest BCUT2D eigenvalue weighted by atomic mass is 10.1. The average Bonchev–Trinajstić information content (AvgIpc) is 3.06. The van der Waals surface area contributed by atoms with E-state index in [9.17, 15) is 9.59 Å². The fraction of sp³-hybridized carbons (Fsp3) is 0.190. The maximum absolute atomic E-state index is 12.3. The van der Waals surface area contributed by atoms with Crippen molar-refractivity contribution in [1.29, 1.82) is 0 Å². The molecule has 2 N–H and O–H groups in total. The van der Waals surface area contributed by atoms with Crippen LogP contribution in [0.1, 0.15) is 23.7 Å². The molecule has 2 aromatic carbocycles. The lowest BCUT2D eigenvalue weighted by molar-refractivity contribution is -0.116. The van der Waals surface area contributed by atoms with Crippen molar-refractivity contribution in [3.05, 3.63) is 64.7 Å². The Labute approximate surface area is 162 Å². The number of anilines is 2. The van der Waals surface area contributed by atoms with Gasteiger partial charge in [0, 0.05) is 29.2 Å². The number of aryl methyl sites for hydroxylation is 2. The number of nitrogens with zero attached hydrogens (tertiary/aromatic N) is 1. The second-order valence-corrected chi connectivity index (χ2v) is 7.29. The highest BCUT2D eigenvalue weighted by molar-refractivity contribution is 7.13. The van der Waals surface area contributed by atoms with Crippen LogP contribution in [0.25, 0.3) is 10.6 Å². The largest absolute Gasteiger partial charge is 0.326 e. The van der Waals surface area contributed by atoms with Crippen LogP contribution in [0.15, 0.2) is 47.8 Å². The van der Waals surface area contributed by atoms with E-state index in [4.69, 9.17) is 0 Å². The SMILES string of the molecule is CC(=O)Nc1cccc(-c2nc(CC(=O)Nc3ccc(C)c(C)c3)cs2)c1.